The largest absolute Gasteiger partial charge is 0.381 e. The summed E-state index contributed by atoms with van der Waals surface area (Å²) in [5.74, 6) is -0.224. The molecule has 2 aliphatic heterocycles. The van der Waals surface area contributed by atoms with E-state index >= 15 is 0 Å². The topological polar surface area (TPSA) is 49.4 Å². The van der Waals surface area contributed by atoms with Crippen molar-refractivity contribution in [3.8, 4) is 0 Å². The third kappa shape index (κ3) is 2.93. The van der Waals surface area contributed by atoms with Crippen LogP contribution >= 0.6 is 0 Å². The van der Waals surface area contributed by atoms with E-state index in [1.807, 2.05) is 6.07 Å². The molecule has 1 saturated heterocycles. The number of nitrogens with zero attached hydrogens (tertiary/aromatic N) is 1. The smallest absolute Gasteiger partial charge is 0.206 e. The Hall–Kier alpha value is -1.92. The number of fused-ring (bicyclic) bond motifs is 3. The highest BCUT2D eigenvalue weighted by molar-refractivity contribution is 7.91. The van der Waals surface area contributed by atoms with E-state index in [1.165, 1.54) is 18.2 Å². The number of nitrogens with one attached hydrogen (secondary N) is 1. The van der Waals surface area contributed by atoms with Gasteiger partial charge in [-0.3, -0.25) is 0 Å². The summed E-state index contributed by atoms with van der Waals surface area (Å²) in [7, 11) is -1.60. The standard InChI is InChI=1S/C19H21FN2O2S/c1-22-9-7-16-17-12-15(5-6-18(17)21-19(16)8-10-22)25(23,24)14-4-2-3-13(20)11-14/h2-6,11-12,16,19,21H,7-10H2,1H3/t16-,19?/m1/s1. The molecule has 2 aliphatic rings. The molecule has 1 unspecified atom stereocenters. The van der Waals surface area contributed by atoms with Gasteiger partial charge in [0.1, 0.15) is 5.82 Å². The van der Waals surface area contributed by atoms with Gasteiger partial charge in [0.05, 0.1) is 9.79 Å². The third-order valence-corrected chi connectivity index (χ3v) is 7.06. The predicted molar refractivity (Wildman–Crippen MR) is 95.2 cm³/mol. The highest BCUT2D eigenvalue weighted by atomic mass is 32.2. The van der Waals surface area contributed by atoms with Gasteiger partial charge in [0.15, 0.2) is 0 Å². The van der Waals surface area contributed by atoms with Crippen LogP contribution in [0.2, 0.25) is 0 Å². The van der Waals surface area contributed by atoms with Crippen LogP contribution < -0.4 is 5.32 Å². The number of hydrogen-bond acceptors (Lipinski definition) is 4. The van der Waals surface area contributed by atoms with Crippen molar-refractivity contribution in [3.05, 3.63) is 53.8 Å². The molecule has 0 bridgehead atoms. The van der Waals surface area contributed by atoms with E-state index in [0.29, 0.717) is 12.0 Å². The average molecular weight is 360 g/mol. The molecule has 4 rings (SSSR count). The normalized spacial score (nSPS) is 23.4. The summed E-state index contributed by atoms with van der Waals surface area (Å²) in [6.45, 7) is 2.04. The number of benzene rings is 2. The van der Waals surface area contributed by atoms with Crippen molar-refractivity contribution >= 4 is 15.5 Å². The first-order chi connectivity index (χ1) is 11.9. The summed E-state index contributed by atoms with van der Waals surface area (Å²) in [4.78, 5) is 2.54. The van der Waals surface area contributed by atoms with Gasteiger partial charge in [0.25, 0.3) is 0 Å². The van der Waals surface area contributed by atoms with Gasteiger partial charge in [-0.05, 0) is 74.9 Å². The zero-order valence-corrected chi connectivity index (χ0v) is 14.9. The Bertz CT molecular complexity index is 913. The fraction of sp³-hybridized carbons (Fsp3) is 0.368. The predicted octanol–water partition coefficient (Wildman–Crippen LogP) is 3.26. The molecule has 2 heterocycles. The quantitative estimate of drug-likeness (QED) is 0.893. The van der Waals surface area contributed by atoms with E-state index in [9.17, 15) is 12.8 Å². The second-order valence-electron chi connectivity index (χ2n) is 6.95. The minimum Gasteiger partial charge on any atom is -0.381 e. The zero-order chi connectivity index (χ0) is 17.6. The molecule has 1 fully saturated rings. The number of sulfone groups is 1. The van der Waals surface area contributed by atoms with Crippen molar-refractivity contribution < 1.29 is 12.8 Å². The summed E-state index contributed by atoms with van der Waals surface area (Å²) in [5.41, 5.74) is 2.09. The van der Waals surface area contributed by atoms with Crippen LogP contribution in [0.5, 0.6) is 0 Å². The van der Waals surface area contributed by atoms with Crippen LogP contribution in [-0.2, 0) is 9.84 Å². The number of rotatable bonds is 2. The first-order valence-electron chi connectivity index (χ1n) is 8.55. The molecule has 2 aromatic carbocycles. The Morgan fingerprint density at radius 2 is 1.84 bits per heavy atom. The van der Waals surface area contributed by atoms with Crippen LogP contribution in [0.1, 0.15) is 24.3 Å². The lowest BCUT2D eigenvalue weighted by Gasteiger charge is -2.16. The van der Waals surface area contributed by atoms with E-state index in [2.05, 4.69) is 17.3 Å². The Labute approximate surface area is 147 Å². The van der Waals surface area contributed by atoms with Crippen molar-refractivity contribution in [3.63, 3.8) is 0 Å². The first kappa shape index (κ1) is 16.5. The van der Waals surface area contributed by atoms with Crippen LogP contribution in [0.3, 0.4) is 0 Å². The second kappa shape index (κ2) is 6.11. The molecule has 25 heavy (non-hydrogen) atoms. The fourth-order valence-corrected chi connectivity index (χ4v) is 5.22. The molecular formula is C19H21FN2O2S. The molecule has 132 valence electrons. The molecular weight excluding hydrogens is 339 g/mol. The van der Waals surface area contributed by atoms with Gasteiger partial charge in [-0.1, -0.05) is 6.07 Å². The lowest BCUT2D eigenvalue weighted by Crippen LogP contribution is -2.22. The van der Waals surface area contributed by atoms with E-state index in [4.69, 9.17) is 0 Å². The Balaban J connectivity index is 1.73. The van der Waals surface area contributed by atoms with Crippen molar-refractivity contribution in [1.82, 2.24) is 4.90 Å². The van der Waals surface area contributed by atoms with Gasteiger partial charge in [0.2, 0.25) is 9.84 Å². The number of halogens is 1. The summed E-state index contributed by atoms with van der Waals surface area (Å²) in [5, 5.41) is 3.54. The monoisotopic (exact) mass is 360 g/mol. The number of likely N-dealkylation sites (tertiary alicyclic amines) is 1. The van der Waals surface area contributed by atoms with Crippen molar-refractivity contribution in [2.45, 2.75) is 34.6 Å². The molecule has 1 N–H and O–H groups in total. The first-order valence-corrected chi connectivity index (χ1v) is 10.0. The van der Waals surface area contributed by atoms with Gasteiger partial charge >= 0.3 is 0 Å². The molecule has 0 spiro atoms. The maximum Gasteiger partial charge on any atom is 0.206 e. The Morgan fingerprint density at radius 1 is 1.08 bits per heavy atom. The average Bonchev–Trinajstić information content (AvgIpc) is 2.84. The maximum atomic E-state index is 13.5. The minimum atomic E-state index is -3.72. The van der Waals surface area contributed by atoms with Crippen molar-refractivity contribution in [1.29, 1.82) is 0 Å². The van der Waals surface area contributed by atoms with E-state index in [1.54, 1.807) is 12.1 Å². The van der Waals surface area contributed by atoms with Crippen molar-refractivity contribution in [2.24, 2.45) is 0 Å². The fourth-order valence-electron chi connectivity index (χ4n) is 3.89. The van der Waals surface area contributed by atoms with Crippen LogP contribution in [-0.4, -0.2) is 39.5 Å². The van der Waals surface area contributed by atoms with Gasteiger partial charge < -0.3 is 10.2 Å². The highest BCUT2D eigenvalue weighted by Crippen LogP contribution is 2.42. The molecule has 4 nitrogen and oxygen atoms in total. The van der Waals surface area contributed by atoms with Crippen LogP contribution in [0.4, 0.5) is 10.1 Å². The number of anilines is 1. The number of hydrogen-bond donors (Lipinski definition) is 1. The lowest BCUT2D eigenvalue weighted by atomic mass is 9.91. The summed E-state index contributed by atoms with van der Waals surface area (Å²) in [6.07, 6.45) is 2.05. The Kier molecular flexibility index (Phi) is 4.04. The van der Waals surface area contributed by atoms with Gasteiger partial charge in [-0.25, -0.2) is 12.8 Å². The van der Waals surface area contributed by atoms with Crippen LogP contribution in [0.25, 0.3) is 0 Å². The molecule has 0 aliphatic carbocycles. The molecule has 2 atom stereocenters. The molecule has 6 heteroatoms. The molecule has 0 amide bonds. The molecule has 0 aromatic heterocycles. The van der Waals surface area contributed by atoms with Gasteiger partial charge in [0, 0.05) is 17.6 Å². The van der Waals surface area contributed by atoms with E-state index < -0.39 is 15.7 Å². The Morgan fingerprint density at radius 3 is 2.64 bits per heavy atom. The molecule has 0 radical (unpaired) electrons. The lowest BCUT2D eigenvalue weighted by molar-refractivity contribution is 0.346. The van der Waals surface area contributed by atoms with E-state index in [0.717, 1.165) is 43.2 Å². The third-order valence-electron chi connectivity index (χ3n) is 5.31. The van der Waals surface area contributed by atoms with Gasteiger partial charge in [-0.2, -0.15) is 0 Å². The van der Waals surface area contributed by atoms with Gasteiger partial charge in [-0.15, -0.1) is 0 Å². The summed E-state index contributed by atoms with van der Waals surface area (Å²) in [6, 6.07) is 10.8. The van der Waals surface area contributed by atoms with Crippen LogP contribution in [0.15, 0.2) is 52.3 Å². The summed E-state index contributed by atoms with van der Waals surface area (Å²) >= 11 is 0. The van der Waals surface area contributed by atoms with Crippen LogP contribution in [0, 0.1) is 5.82 Å². The van der Waals surface area contributed by atoms with E-state index in [-0.39, 0.29) is 9.79 Å². The van der Waals surface area contributed by atoms with Crippen molar-refractivity contribution in [2.75, 3.05) is 25.5 Å². The molecule has 2 aromatic rings. The highest BCUT2D eigenvalue weighted by Gasteiger charge is 2.34. The SMILES string of the molecule is CN1CCC2Nc3ccc(S(=O)(=O)c4cccc(F)c4)cc3[C@H]2CC1. The summed E-state index contributed by atoms with van der Waals surface area (Å²) < 4.78 is 39.2. The molecule has 0 saturated carbocycles. The maximum absolute atomic E-state index is 13.5. The second-order valence-corrected chi connectivity index (χ2v) is 8.90. The zero-order valence-electron chi connectivity index (χ0n) is 14.1. The minimum absolute atomic E-state index is 0.00411.